The van der Waals surface area contributed by atoms with Crippen LogP contribution in [0.5, 0.6) is 46.5 Å². The molecule has 16 rings (SSSR count). The minimum atomic E-state index is -4.73. The highest BCUT2D eigenvalue weighted by atomic mass is 19.4. The molecule has 2 atom stereocenters. The average molecular weight is 1660 g/mol. The van der Waals surface area contributed by atoms with Crippen molar-refractivity contribution in [3.8, 4) is 91.0 Å². The summed E-state index contributed by atoms with van der Waals surface area (Å²) in [4.78, 5) is 14.8. The van der Waals surface area contributed by atoms with Gasteiger partial charge in [-0.15, -0.1) is 52.7 Å². The molecule has 1 fully saturated rings. The number of nitrogens with zero attached hydrogens (tertiary/aromatic N) is 14. The van der Waals surface area contributed by atoms with Gasteiger partial charge in [0.2, 0.25) is 0 Å². The van der Waals surface area contributed by atoms with E-state index in [0.717, 1.165) is 64.5 Å². The van der Waals surface area contributed by atoms with Gasteiger partial charge in [-0.2, -0.15) is 15.3 Å². The summed E-state index contributed by atoms with van der Waals surface area (Å²) in [6.07, 6.45) is -12.1. The number of aryl methyl sites for hydroxylation is 4. The van der Waals surface area contributed by atoms with Gasteiger partial charge in [0.05, 0.1) is 40.2 Å². The topological polar surface area (TPSA) is 273 Å². The van der Waals surface area contributed by atoms with E-state index in [4.69, 9.17) is 37.0 Å². The molecule has 0 spiro atoms. The van der Waals surface area contributed by atoms with Crippen molar-refractivity contribution >= 4 is 43.9 Å². The Balaban J connectivity index is 0.000000137. The normalized spacial score (nSPS) is 13.2. The van der Waals surface area contributed by atoms with Crippen LogP contribution in [0.4, 0.5) is 52.7 Å². The van der Waals surface area contributed by atoms with Crippen LogP contribution in [0.1, 0.15) is 68.5 Å². The van der Waals surface area contributed by atoms with Crippen LogP contribution in [0, 0.1) is 27.7 Å². The van der Waals surface area contributed by atoms with Crippen LogP contribution in [0.3, 0.4) is 0 Å². The summed E-state index contributed by atoms with van der Waals surface area (Å²) in [6, 6.07) is 43.9. The lowest BCUT2D eigenvalue weighted by atomic mass is 10.0. The van der Waals surface area contributed by atoms with E-state index >= 15 is 0 Å². The zero-order chi connectivity index (χ0) is 84.2. The Morgan fingerprint density at radius 2 is 0.706 bits per heavy atom. The second kappa shape index (κ2) is 36.4. The molecule has 1 saturated heterocycles. The number of hydrogen-bond donors (Lipinski definition) is 0. The number of piperidine rings is 1. The molecule has 1 aliphatic rings. The third-order valence-corrected chi connectivity index (χ3v) is 18.2. The molecule has 119 heavy (non-hydrogen) atoms. The molecule has 15 aromatic rings. The van der Waals surface area contributed by atoms with Crippen LogP contribution in [-0.2, 0) is 6.54 Å². The Bertz CT molecular complexity index is 5830. The molecule has 1 aliphatic heterocycles. The quantitative estimate of drug-likeness (QED) is 0.0508. The standard InChI is InChI=1S/C21H19F3N4O3.C21H21F3N2O3.C20H17F3N4O3.C19H15F3N4O3/c1-12(28-14(3)25-13(2)26-28)11-29-20-18-10-16(6-9-19(18)31-27-20)15-4-7-17(8-5-15)30-21(22,23)24;22-21(23,24)28-17-7-4-15(5-8-17)16-6-9-19-18(14-16)20(25-29-19)27-13-12-26-10-2-1-3-11-26;1-12-24-13(2)27(25-12)9-10-28-19-17-11-15(5-8-18(17)30-26-19)14-3-6-16(7-4-14)29-20(21,22)23;1-12(26-11-23-10-24-26)9-27-18-16-8-14(4-7-17(16)29-25-18)13-2-5-15(6-3-13)28-19(20,21)22/h4-10,12H,11H2,1-3H3;4-9,14H,1-3,10-13H2;3-8,11H,9-10H2,1-2H3;2-8,10-12H,9H2,1H3. The fourth-order valence-electron chi connectivity index (χ4n) is 12.6. The van der Waals surface area contributed by atoms with Crippen molar-refractivity contribution in [3.63, 3.8) is 0 Å². The van der Waals surface area contributed by atoms with Crippen molar-refractivity contribution < 1.29 is 109 Å². The number of benzene rings is 8. The molecule has 38 heteroatoms. The molecular formula is C81H72F12N14O12. The minimum absolute atomic E-state index is 0.0615. The average Bonchev–Trinajstić information content (AvgIpc) is 1.71. The van der Waals surface area contributed by atoms with Crippen LogP contribution in [0.2, 0.25) is 0 Å². The Labute approximate surface area is 667 Å². The van der Waals surface area contributed by atoms with Crippen molar-refractivity contribution in [1.29, 1.82) is 0 Å². The molecule has 0 bridgehead atoms. The molecule has 2 unspecified atom stereocenters. The maximum absolute atomic E-state index is 12.3. The molecule has 8 heterocycles. The van der Waals surface area contributed by atoms with Crippen molar-refractivity contribution in [2.45, 2.75) is 105 Å². The van der Waals surface area contributed by atoms with Crippen LogP contribution in [-0.4, -0.2) is 141 Å². The van der Waals surface area contributed by atoms with Crippen molar-refractivity contribution in [3.05, 3.63) is 206 Å². The first-order valence-electron chi connectivity index (χ1n) is 36.7. The van der Waals surface area contributed by atoms with Gasteiger partial charge in [0.15, 0.2) is 22.3 Å². The van der Waals surface area contributed by atoms with Crippen LogP contribution < -0.4 is 37.9 Å². The lowest BCUT2D eigenvalue weighted by molar-refractivity contribution is -0.275. The molecular weight excluding hydrogens is 1590 g/mol. The number of fused-ring (bicyclic) bond motifs is 4. The highest BCUT2D eigenvalue weighted by molar-refractivity contribution is 5.90. The number of alkyl halides is 12. The second-order valence-electron chi connectivity index (χ2n) is 27.0. The second-order valence-corrected chi connectivity index (χ2v) is 27.0. The van der Waals surface area contributed by atoms with E-state index in [1.807, 2.05) is 65.8 Å². The first-order chi connectivity index (χ1) is 56.8. The van der Waals surface area contributed by atoms with Crippen LogP contribution in [0.15, 0.2) is 201 Å². The zero-order valence-electron chi connectivity index (χ0n) is 63.9. The van der Waals surface area contributed by atoms with Crippen LogP contribution in [0.25, 0.3) is 88.4 Å². The predicted octanol–water partition coefficient (Wildman–Crippen LogP) is 19.8. The molecule has 0 N–H and O–H groups in total. The van der Waals surface area contributed by atoms with Crippen molar-refractivity contribution in [2.24, 2.45) is 0 Å². The fraction of sp³-hybridized carbons (Fsp3) is 0.284. The largest absolute Gasteiger partial charge is 0.573 e. The van der Waals surface area contributed by atoms with Crippen LogP contribution >= 0.6 is 0 Å². The van der Waals surface area contributed by atoms with Gasteiger partial charge in [-0.05, 0) is 230 Å². The van der Waals surface area contributed by atoms with Gasteiger partial charge in [-0.1, -0.05) is 79.2 Å². The van der Waals surface area contributed by atoms with Gasteiger partial charge in [-0.25, -0.2) is 29.0 Å². The molecule has 0 saturated carbocycles. The number of likely N-dealkylation sites (tertiary alicyclic amines) is 1. The SMILES string of the molecule is CC(COc1noc2ccc(-c3ccc(OC(F)(F)F)cc3)cc12)n1cncn1.Cc1nc(C)n(C(C)COc2noc3ccc(-c4ccc(OC(F)(F)F)cc4)cc23)n1.Cc1nc(C)n(CCOc2noc3ccc(-c4ccc(OC(F)(F)F)cc4)cc23)n1.FC(F)(F)Oc1ccc(-c2ccc3onc(OCCN4CCCCC4)c3c2)cc1. The first-order valence-corrected chi connectivity index (χ1v) is 36.7. The van der Waals surface area contributed by atoms with E-state index in [2.05, 4.69) is 74.7 Å². The fourth-order valence-corrected chi connectivity index (χ4v) is 12.6. The van der Waals surface area contributed by atoms with E-state index in [0.29, 0.717) is 123 Å². The Morgan fingerprint density at radius 1 is 0.378 bits per heavy atom. The highest BCUT2D eigenvalue weighted by Gasteiger charge is 2.34. The minimum Gasteiger partial charge on any atom is -0.474 e. The number of rotatable bonds is 24. The first kappa shape index (κ1) is 83.5. The third kappa shape index (κ3) is 22.8. The Kier molecular flexibility index (Phi) is 25.5. The summed E-state index contributed by atoms with van der Waals surface area (Å²) < 4.78 is 213. The third-order valence-electron chi connectivity index (χ3n) is 18.2. The molecule has 26 nitrogen and oxygen atoms in total. The monoisotopic (exact) mass is 1660 g/mol. The zero-order valence-corrected chi connectivity index (χ0v) is 63.9. The Hall–Kier alpha value is -13.4. The van der Waals surface area contributed by atoms with Gasteiger partial charge >= 0.3 is 25.4 Å². The number of aromatic nitrogens is 13. The summed E-state index contributed by atoms with van der Waals surface area (Å²) in [5.41, 5.74) is 8.24. The summed E-state index contributed by atoms with van der Waals surface area (Å²) >= 11 is 0. The molecule has 0 aliphatic carbocycles. The smallest absolute Gasteiger partial charge is 0.474 e. The van der Waals surface area contributed by atoms with Gasteiger partial charge in [0.1, 0.15) is 85.4 Å². The van der Waals surface area contributed by atoms with E-state index in [1.54, 1.807) is 117 Å². The molecule has 622 valence electrons. The number of ether oxygens (including phenoxy) is 8. The van der Waals surface area contributed by atoms with Gasteiger partial charge in [0.25, 0.3) is 23.5 Å². The lowest BCUT2D eigenvalue weighted by Gasteiger charge is -2.25. The lowest BCUT2D eigenvalue weighted by Crippen LogP contribution is -2.33. The van der Waals surface area contributed by atoms with E-state index in [9.17, 15) is 52.7 Å². The predicted molar refractivity (Wildman–Crippen MR) is 405 cm³/mol. The molecule has 8 aromatic carbocycles. The maximum Gasteiger partial charge on any atom is 0.573 e. The maximum atomic E-state index is 12.3. The highest BCUT2D eigenvalue weighted by Crippen LogP contribution is 2.38. The number of hydrogen-bond acceptors (Lipinski definition) is 23. The van der Waals surface area contributed by atoms with E-state index < -0.39 is 25.4 Å². The van der Waals surface area contributed by atoms with E-state index in [1.165, 1.54) is 74.1 Å². The van der Waals surface area contributed by atoms with Gasteiger partial charge in [-0.3, -0.25) is 4.90 Å². The van der Waals surface area contributed by atoms with E-state index in [-0.39, 0.29) is 35.1 Å². The summed E-state index contributed by atoms with van der Waals surface area (Å²) in [5.74, 6) is 3.28. The summed E-state index contributed by atoms with van der Waals surface area (Å²) in [6.45, 7) is 16.3. The summed E-state index contributed by atoms with van der Waals surface area (Å²) in [5, 5.41) is 31.3. The molecule has 0 amide bonds. The Morgan fingerprint density at radius 3 is 1.03 bits per heavy atom. The van der Waals surface area contributed by atoms with Crippen molar-refractivity contribution in [1.82, 2.24) is 69.8 Å². The molecule has 7 aromatic heterocycles. The van der Waals surface area contributed by atoms with Gasteiger partial charge < -0.3 is 56.0 Å². The summed E-state index contributed by atoms with van der Waals surface area (Å²) in [7, 11) is 0. The van der Waals surface area contributed by atoms with Gasteiger partial charge in [0, 0.05) is 6.54 Å². The number of halogens is 12. The van der Waals surface area contributed by atoms with Crippen molar-refractivity contribution in [2.75, 3.05) is 46.1 Å². The molecule has 0 radical (unpaired) electrons.